The van der Waals surface area contributed by atoms with Crippen LogP contribution < -0.4 is 10.6 Å². The summed E-state index contributed by atoms with van der Waals surface area (Å²) in [5, 5.41) is 1.72. The van der Waals surface area contributed by atoms with Crippen LogP contribution in [0, 0.1) is 6.92 Å². The van der Waals surface area contributed by atoms with Crippen molar-refractivity contribution in [3.05, 3.63) is 28.7 Å². The molecule has 6 nitrogen and oxygen atoms in total. The fourth-order valence-electron chi connectivity index (χ4n) is 2.67. The third-order valence-electron chi connectivity index (χ3n) is 3.55. The predicted octanol–water partition coefficient (Wildman–Crippen LogP) is 1.87. The molecule has 0 spiro atoms. The fourth-order valence-corrected chi connectivity index (χ4v) is 3.57. The summed E-state index contributed by atoms with van der Waals surface area (Å²) in [6.07, 6.45) is 2.82. The zero-order valence-corrected chi connectivity index (χ0v) is 11.9. The Balaban J connectivity index is 1.79. The summed E-state index contributed by atoms with van der Waals surface area (Å²) in [7, 11) is 0. The molecule has 0 aromatic carbocycles. The topological polar surface area (TPSA) is 83.7 Å². The summed E-state index contributed by atoms with van der Waals surface area (Å²) in [5.41, 5.74) is 7.83. The molecule has 0 saturated carbocycles. The highest BCUT2D eigenvalue weighted by Gasteiger charge is 2.23. The Kier molecular flexibility index (Phi) is 2.43. The van der Waals surface area contributed by atoms with Crippen molar-refractivity contribution in [2.75, 3.05) is 17.2 Å². The van der Waals surface area contributed by atoms with Crippen molar-refractivity contribution < 1.29 is 0 Å². The first-order valence-corrected chi connectivity index (χ1v) is 7.33. The molecule has 3 N–H and O–H groups in total. The number of aryl methyl sites for hydroxylation is 1. The van der Waals surface area contributed by atoms with Gasteiger partial charge in [0.15, 0.2) is 5.13 Å². The van der Waals surface area contributed by atoms with E-state index in [9.17, 15) is 0 Å². The zero-order valence-electron chi connectivity index (χ0n) is 11.1. The van der Waals surface area contributed by atoms with Crippen molar-refractivity contribution in [2.45, 2.75) is 19.9 Å². The number of hydrogen-bond acceptors (Lipinski definition) is 6. The normalized spacial score (nSPS) is 14.8. The number of H-pyrrole nitrogens is 1. The number of thiazole rings is 1. The molecule has 20 heavy (non-hydrogen) atoms. The summed E-state index contributed by atoms with van der Waals surface area (Å²) in [4.78, 5) is 20.1. The highest BCUT2D eigenvalue weighted by molar-refractivity contribution is 7.15. The molecule has 1 aliphatic heterocycles. The van der Waals surface area contributed by atoms with Crippen LogP contribution in [0.25, 0.3) is 11.0 Å². The lowest BCUT2D eigenvalue weighted by Gasteiger charge is -2.27. The molecule has 0 aliphatic carbocycles. The summed E-state index contributed by atoms with van der Waals surface area (Å²) in [6.45, 7) is 3.65. The Morgan fingerprint density at radius 2 is 2.25 bits per heavy atom. The van der Waals surface area contributed by atoms with Crippen LogP contribution in [0.3, 0.4) is 0 Å². The molecule has 3 aromatic heterocycles. The third kappa shape index (κ3) is 1.74. The number of aromatic amines is 1. The second-order valence-electron chi connectivity index (χ2n) is 4.93. The molecule has 7 heteroatoms. The Morgan fingerprint density at radius 3 is 3.15 bits per heavy atom. The number of nitrogens with two attached hydrogens (primary N) is 1. The number of fused-ring (bicyclic) bond motifs is 2. The second-order valence-corrected chi connectivity index (χ2v) is 6.04. The Morgan fingerprint density at radius 1 is 1.35 bits per heavy atom. The Hall–Kier alpha value is -2.15. The third-order valence-corrected chi connectivity index (χ3v) is 4.47. The molecule has 4 heterocycles. The van der Waals surface area contributed by atoms with Crippen LogP contribution in [0.15, 0.2) is 12.3 Å². The number of nitrogens with zero attached hydrogens (tertiary/aromatic N) is 4. The minimum absolute atomic E-state index is 0.655. The number of nitrogen functional groups attached to an aromatic ring is 1. The molecule has 102 valence electrons. The van der Waals surface area contributed by atoms with Crippen LogP contribution in [0.2, 0.25) is 0 Å². The standard InChI is InChI=1S/C13H14N6S/c1-7-16-11-8(2-4-15-11)12(17-7)19-5-3-9-10(6-19)20-13(14)18-9/h2,4H,3,5-6H2,1H3,(H2,14,18)(H,15,16,17). The molecule has 0 radical (unpaired) electrons. The molecule has 4 rings (SSSR count). The van der Waals surface area contributed by atoms with Gasteiger partial charge in [-0.25, -0.2) is 15.0 Å². The monoisotopic (exact) mass is 286 g/mol. The first-order chi connectivity index (χ1) is 9.70. The van der Waals surface area contributed by atoms with Gasteiger partial charge in [0.25, 0.3) is 0 Å². The van der Waals surface area contributed by atoms with E-state index in [0.29, 0.717) is 5.13 Å². The van der Waals surface area contributed by atoms with E-state index in [0.717, 1.165) is 47.9 Å². The van der Waals surface area contributed by atoms with Gasteiger partial charge in [0.2, 0.25) is 0 Å². The molecule has 0 atom stereocenters. The highest BCUT2D eigenvalue weighted by atomic mass is 32.1. The van der Waals surface area contributed by atoms with E-state index >= 15 is 0 Å². The van der Waals surface area contributed by atoms with Crippen LogP contribution in [-0.2, 0) is 13.0 Å². The largest absolute Gasteiger partial charge is 0.375 e. The highest BCUT2D eigenvalue weighted by Crippen LogP contribution is 2.31. The minimum atomic E-state index is 0.655. The van der Waals surface area contributed by atoms with Crippen molar-refractivity contribution in [2.24, 2.45) is 0 Å². The van der Waals surface area contributed by atoms with E-state index in [4.69, 9.17) is 5.73 Å². The second kappa shape index (κ2) is 4.17. The van der Waals surface area contributed by atoms with E-state index in [-0.39, 0.29) is 0 Å². The lowest BCUT2D eigenvalue weighted by molar-refractivity contribution is 0.719. The van der Waals surface area contributed by atoms with Gasteiger partial charge in [0.05, 0.1) is 17.6 Å². The summed E-state index contributed by atoms with van der Waals surface area (Å²) >= 11 is 1.57. The van der Waals surface area contributed by atoms with Gasteiger partial charge in [0.1, 0.15) is 17.3 Å². The van der Waals surface area contributed by atoms with E-state index in [1.54, 1.807) is 11.3 Å². The van der Waals surface area contributed by atoms with Gasteiger partial charge in [-0.15, -0.1) is 11.3 Å². The smallest absolute Gasteiger partial charge is 0.180 e. The van der Waals surface area contributed by atoms with Crippen LogP contribution >= 0.6 is 11.3 Å². The van der Waals surface area contributed by atoms with Gasteiger partial charge in [-0.05, 0) is 13.0 Å². The predicted molar refractivity (Wildman–Crippen MR) is 79.9 cm³/mol. The van der Waals surface area contributed by atoms with Gasteiger partial charge < -0.3 is 15.6 Å². The van der Waals surface area contributed by atoms with Crippen LogP contribution in [0.1, 0.15) is 16.4 Å². The van der Waals surface area contributed by atoms with E-state index < -0.39 is 0 Å². The molecule has 0 saturated heterocycles. The van der Waals surface area contributed by atoms with E-state index in [2.05, 4.69) is 24.8 Å². The molecule has 0 unspecified atom stereocenters. The average Bonchev–Trinajstić information content (AvgIpc) is 3.01. The van der Waals surface area contributed by atoms with Gasteiger partial charge in [-0.2, -0.15) is 0 Å². The van der Waals surface area contributed by atoms with Crippen molar-refractivity contribution in [3.63, 3.8) is 0 Å². The van der Waals surface area contributed by atoms with Crippen LogP contribution in [0.4, 0.5) is 10.9 Å². The van der Waals surface area contributed by atoms with Crippen molar-refractivity contribution in [3.8, 4) is 0 Å². The van der Waals surface area contributed by atoms with Gasteiger partial charge in [0, 0.05) is 24.0 Å². The van der Waals surface area contributed by atoms with Crippen molar-refractivity contribution >= 4 is 33.3 Å². The van der Waals surface area contributed by atoms with E-state index in [1.165, 1.54) is 4.88 Å². The average molecular weight is 286 g/mol. The van der Waals surface area contributed by atoms with Gasteiger partial charge >= 0.3 is 0 Å². The maximum absolute atomic E-state index is 5.80. The molecule has 0 bridgehead atoms. The zero-order chi connectivity index (χ0) is 13.7. The number of nitrogens with one attached hydrogen (secondary N) is 1. The van der Waals surface area contributed by atoms with Crippen LogP contribution in [-0.4, -0.2) is 26.5 Å². The molecular weight excluding hydrogens is 272 g/mol. The van der Waals surface area contributed by atoms with Crippen molar-refractivity contribution in [1.82, 2.24) is 19.9 Å². The number of hydrogen-bond donors (Lipinski definition) is 2. The maximum atomic E-state index is 5.80. The number of anilines is 2. The first-order valence-electron chi connectivity index (χ1n) is 6.51. The summed E-state index contributed by atoms with van der Waals surface area (Å²) in [5.74, 6) is 1.77. The number of aromatic nitrogens is 4. The van der Waals surface area contributed by atoms with Gasteiger partial charge in [-0.3, -0.25) is 0 Å². The van der Waals surface area contributed by atoms with E-state index in [1.807, 2.05) is 19.2 Å². The quantitative estimate of drug-likeness (QED) is 0.713. The molecule has 1 aliphatic rings. The summed E-state index contributed by atoms with van der Waals surface area (Å²) in [6, 6.07) is 2.03. The summed E-state index contributed by atoms with van der Waals surface area (Å²) < 4.78 is 0. The lowest BCUT2D eigenvalue weighted by atomic mass is 10.1. The lowest BCUT2D eigenvalue weighted by Crippen LogP contribution is -2.30. The SMILES string of the molecule is Cc1nc(N2CCc3nc(N)sc3C2)c2cc[nH]c2n1. The molecular formula is C13H14N6S. The maximum Gasteiger partial charge on any atom is 0.180 e. The molecule has 3 aromatic rings. The minimum Gasteiger partial charge on any atom is -0.375 e. The fraction of sp³-hybridized carbons (Fsp3) is 0.308. The number of rotatable bonds is 1. The van der Waals surface area contributed by atoms with Gasteiger partial charge in [-0.1, -0.05) is 0 Å². The first kappa shape index (κ1) is 11.7. The Bertz CT molecular complexity index is 789. The Labute approximate surface area is 119 Å². The molecule has 0 amide bonds. The van der Waals surface area contributed by atoms with Crippen LogP contribution in [0.5, 0.6) is 0 Å². The van der Waals surface area contributed by atoms with Crippen molar-refractivity contribution in [1.29, 1.82) is 0 Å². The molecule has 0 fully saturated rings.